The van der Waals surface area contributed by atoms with Gasteiger partial charge in [0.05, 0.1) is 5.75 Å². The second kappa shape index (κ2) is 10.4. The first-order valence-corrected chi connectivity index (χ1v) is 11.6. The number of hydrogen-bond donors (Lipinski definition) is 1. The number of carbonyl (C=O) groups is 1. The van der Waals surface area contributed by atoms with Gasteiger partial charge in [-0.2, -0.15) is 0 Å². The number of aryl methyl sites for hydroxylation is 2. The van der Waals surface area contributed by atoms with E-state index < -0.39 is 0 Å². The van der Waals surface area contributed by atoms with Gasteiger partial charge in [-0.3, -0.25) is 4.79 Å². The van der Waals surface area contributed by atoms with Crippen LogP contribution in [0.2, 0.25) is 10.0 Å². The lowest BCUT2D eigenvalue weighted by Gasteiger charge is -2.17. The summed E-state index contributed by atoms with van der Waals surface area (Å²) < 4.78 is 8.04. The second-order valence-corrected chi connectivity index (χ2v) is 8.87. The van der Waals surface area contributed by atoms with Gasteiger partial charge in [0.25, 0.3) is 0 Å². The van der Waals surface area contributed by atoms with Gasteiger partial charge < -0.3 is 14.6 Å². The third-order valence-corrected chi connectivity index (χ3v) is 6.11. The molecule has 0 aliphatic rings. The lowest BCUT2D eigenvalue weighted by Crippen LogP contribution is -2.16. The maximum atomic E-state index is 12.4. The van der Waals surface area contributed by atoms with Crippen LogP contribution in [0.4, 0.5) is 5.69 Å². The fraction of sp³-hybridized carbons (Fsp3) is 0.318. The van der Waals surface area contributed by atoms with Crippen LogP contribution in [-0.2, 0) is 11.3 Å². The molecule has 0 bridgehead atoms. The van der Waals surface area contributed by atoms with Crippen molar-refractivity contribution in [3.8, 4) is 5.75 Å². The number of rotatable bonds is 8. The Kier molecular flexibility index (Phi) is 7.86. The summed E-state index contributed by atoms with van der Waals surface area (Å²) in [5, 5.41) is 13.4. The molecule has 6 nitrogen and oxygen atoms in total. The summed E-state index contributed by atoms with van der Waals surface area (Å²) in [5.74, 6) is 1.51. The summed E-state index contributed by atoms with van der Waals surface area (Å²) in [5.41, 5.74) is 2.60. The third-order valence-electron chi connectivity index (χ3n) is 4.67. The van der Waals surface area contributed by atoms with E-state index in [0.717, 1.165) is 16.9 Å². The predicted molar refractivity (Wildman–Crippen MR) is 126 cm³/mol. The molecule has 0 saturated heterocycles. The van der Waals surface area contributed by atoms with E-state index in [1.165, 1.54) is 11.8 Å². The Balaban J connectivity index is 1.66. The van der Waals surface area contributed by atoms with Crippen LogP contribution in [0.1, 0.15) is 36.9 Å². The van der Waals surface area contributed by atoms with E-state index in [9.17, 15) is 4.79 Å². The van der Waals surface area contributed by atoms with Gasteiger partial charge in [0.1, 0.15) is 5.75 Å². The van der Waals surface area contributed by atoms with Crippen molar-refractivity contribution in [2.24, 2.45) is 0 Å². The van der Waals surface area contributed by atoms with Crippen LogP contribution in [-0.4, -0.2) is 26.4 Å². The molecule has 0 aliphatic carbocycles. The zero-order valence-corrected chi connectivity index (χ0v) is 20.1. The van der Waals surface area contributed by atoms with Crippen molar-refractivity contribution in [2.45, 2.75) is 45.5 Å². The first kappa shape index (κ1) is 23.4. The predicted octanol–water partition coefficient (Wildman–Crippen LogP) is 6.09. The molecular weight excluding hydrogens is 455 g/mol. The first-order valence-electron chi connectivity index (χ1n) is 9.83. The van der Waals surface area contributed by atoms with Crippen LogP contribution < -0.4 is 10.1 Å². The molecule has 1 atom stereocenters. The highest BCUT2D eigenvalue weighted by atomic mass is 35.5. The highest BCUT2D eigenvalue weighted by molar-refractivity contribution is 7.99. The third kappa shape index (κ3) is 5.93. The average Bonchev–Trinajstić information content (AvgIpc) is 3.14. The Labute approximate surface area is 196 Å². The largest absolute Gasteiger partial charge is 0.482 e. The molecule has 2 aromatic carbocycles. The molecule has 0 saturated carbocycles. The van der Waals surface area contributed by atoms with Crippen molar-refractivity contribution in [2.75, 3.05) is 11.1 Å². The Morgan fingerprint density at radius 2 is 1.84 bits per heavy atom. The van der Waals surface area contributed by atoms with Crippen LogP contribution in [0.3, 0.4) is 0 Å². The molecule has 1 unspecified atom stereocenters. The van der Waals surface area contributed by atoms with Gasteiger partial charge in [0.15, 0.2) is 17.1 Å². The fourth-order valence-electron chi connectivity index (χ4n) is 3.04. The van der Waals surface area contributed by atoms with Crippen molar-refractivity contribution in [3.05, 3.63) is 63.4 Å². The van der Waals surface area contributed by atoms with E-state index in [1.807, 2.05) is 50.5 Å². The quantitative estimate of drug-likeness (QED) is 0.396. The van der Waals surface area contributed by atoms with Crippen LogP contribution in [0.15, 0.2) is 41.6 Å². The molecule has 0 spiro atoms. The van der Waals surface area contributed by atoms with Gasteiger partial charge >= 0.3 is 0 Å². The fourth-order valence-corrected chi connectivity index (χ4v) is 4.25. The van der Waals surface area contributed by atoms with Crippen molar-refractivity contribution in [1.29, 1.82) is 0 Å². The Morgan fingerprint density at radius 1 is 1.13 bits per heavy atom. The highest BCUT2D eigenvalue weighted by Gasteiger charge is 2.20. The van der Waals surface area contributed by atoms with Gasteiger partial charge in [-0.15, -0.1) is 10.2 Å². The standard InChI is InChI=1S/C22H24Cl2N4O2S/c1-5-28-21(15(4)30-19-9-8-16(23)10-14(19)3)26-27-22(28)31-12-20(29)25-18-11-17(24)7-6-13(18)2/h6-11,15H,5,12H2,1-4H3,(H,25,29). The molecule has 31 heavy (non-hydrogen) atoms. The smallest absolute Gasteiger partial charge is 0.234 e. The molecule has 164 valence electrons. The molecule has 0 radical (unpaired) electrons. The van der Waals surface area contributed by atoms with Crippen LogP contribution in [0, 0.1) is 13.8 Å². The van der Waals surface area contributed by atoms with Crippen molar-refractivity contribution < 1.29 is 9.53 Å². The summed E-state index contributed by atoms with van der Waals surface area (Å²) in [7, 11) is 0. The zero-order chi connectivity index (χ0) is 22.5. The van der Waals surface area contributed by atoms with Gasteiger partial charge in [-0.05, 0) is 69.2 Å². The van der Waals surface area contributed by atoms with Crippen molar-refractivity contribution >= 4 is 46.6 Å². The van der Waals surface area contributed by atoms with Crippen LogP contribution in [0.5, 0.6) is 5.75 Å². The number of nitrogens with one attached hydrogen (secondary N) is 1. The number of benzene rings is 2. The normalized spacial score (nSPS) is 11.9. The molecular formula is C22H24Cl2N4O2S. The minimum Gasteiger partial charge on any atom is -0.482 e. The molecule has 1 aromatic heterocycles. The van der Waals surface area contributed by atoms with E-state index in [2.05, 4.69) is 15.5 Å². The molecule has 0 fully saturated rings. The van der Waals surface area contributed by atoms with Gasteiger partial charge in [-0.25, -0.2) is 0 Å². The number of nitrogens with zero attached hydrogens (tertiary/aromatic N) is 3. The van der Waals surface area contributed by atoms with E-state index in [4.69, 9.17) is 27.9 Å². The Morgan fingerprint density at radius 3 is 2.55 bits per heavy atom. The second-order valence-electron chi connectivity index (χ2n) is 7.05. The number of hydrogen-bond acceptors (Lipinski definition) is 5. The summed E-state index contributed by atoms with van der Waals surface area (Å²) in [4.78, 5) is 12.4. The molecule has 0 aliphatic heterocycles. The molecule has 1 N–H and O–H groups in total. The van der Waals surface area contributed by atoms with Gasteiger partial charge in [-0.1, -0.05) is 41.0 Å². The van der Waals surface area contributed by atoms with Crippen molar-refractivity contribution in [3.63, 3.8) is 0 Å². The minimum absolute atomic E-state index is 0.136. The lowest BCUT2D eigenvalue weighted by atomic mass is 10.2. The van der Waals surface area contributed by atoms with Crippen molar-refractivity contribution in [1.82, 2.24) is 14.8 Å². The molecule has 3 rings (SSSR count). The van der Waals surface area contributed by atoms with Crippen LogP contribution >= 0.6 is 35.0 Å². The number of carbonyl (C=O) groups excluding carboxylic acids is 1. The van der Waals surface area contributed by atoms with E-state index in [-0.39, 0.29) is 17.8 Å². The maximum absolute atomic E-state index is 12.4. The van der Waals surface area contributed by atoms with Gasteiger partial charge in [0.2, 0.25) is 5.91 Å². The number of amides is 1. The number of thioether (sulfide) groups is 1. The molecule has 1 heterocycles. The number of halogens is 2. The summed E-state index contributed by atoms with van der Waals surface area (Å²) in [6, 6.07) is 10.9. The minimum atomic E-state index is -0.315. The number of anilines is 1. The van der Waals surface area contributed by atoms with E-state index in [1.54, 1.807) is 18.2 Å². The highest BCUT2D eigenvalue weighted by Crippen LogP contribution is 2.28. The lowest BCUT2D eigenvalue weighted by molar-refractivity contribution is -0.113. The van der Waals surface area contributed by atoms with Crippen LogP contribution in [0.25, 0.3) is 0 Å². The molecule has 1 amide bonds. The SMILES string of the molecule is CCn1c(SCC(=O)Nc2cc(Cl)ccc2C)nnc1C(C)Oc1ccc(Cl)cc1C. The average molecular weight is 479 g/mol. The Bertz CT molecular complexity index is 1090. The molecule has 3 aromatic rings. The number of ether oxygens (including phenoxy) is 1. The van der Waals surface area contributed by atoms with Gasteiger partial charge in [0, 0.05) is 22.3 Å². The Hall–Kier alpha value is -2.22. The first-order chi connectivity index (χ1) is 14.8. The number of aromatic nitrogens is 3. The summed E-state index contributed by atoms with van der Waals surface area (Å²) in [6.07, 6.45) is -0.315. The van der Waals surface area contributed by atoms with E-state index in [0.29, 0.717) is 33.3 Å². The monoisotopic (exact) mass is 478 g/mol. The summed E-state index contributed by atoms with van der Waals surface area (Å²) >= 11 is 13.4. The maximum Gasteiger partial charge on any atom is 0.234 e. The topological polar surface area (TPSA) is 69.0 Å². The summed E-state index contributed by atoms with van der Waals surface area (Å²) in [6.45, 7) is 8.45. The van der Waals surface area contributed by atoms with E-state index >= 15 is 0 Å². The zero-order valence-electron chi connectivity index (χ0n) is 17.8. The molecule has 9 heteroatoms.